The van der Waals surface area contributed by atoms with Gasteiger partial charge < -0.3 is 25.3 Å². The number of fused-ring (bicyclic) bond motifs is 1. The summed E-state index contributed by atoms with van der Waals surface area (Å²) in [6.45, 7) is 5.28. The van der Waals surface area contributed by atoms with Crippen LogP contribution in [0.25, 0.3) is 0 Å². The fourth-order valence-electron chi connectivity index (χ4n) is 1.72. The number of nitrogens with one attached hydrogen (secondary N) is 1. The summed E-state index contributed by atoms with van der Waals surface area (Å²) in [5, 5.41) is 3.21. The first-order valence-corrected chi connectivity index (χ1v) is 6.21. The lowest BCUT2D eigenvalue weighted by atomic mass is 10.1. The number of nitrogens with two attached hydrogens (primary N) is 1. The fourth-order valence-corrected chi connectivity index (χ4v) is 1.72. The maximum atomic E-state index is 11.1. The smallest absolute Gasteiger partial charge is 0.258 e. The number of primary amides is 1. The third-order valence-corrected chi connectivity index (χ3v) is 2.83. The summed E-state index contributed by atoms with van der Waals surface area (Å²) in [6, 6.07) is 3.59. The van der Waals surface area contributed by atoms with Crippen LogP contribution < -0.4 is 25.3 Å². The van der Waals surface area contributed by atoms with Gasteiger partial charge in [-0.15, -0.1) is 0 Å². The van der Waals surface area contributed by atoms with Gasteiger partial charge in [0.15, 0.2) is 17.6 Å². The van der Waals surface area contributed by atoms with Crippen LogP contribution >= 0.6 is 0 Å². The van der Waals surface area contributed by atoms with Crippen molar-refractivity contribution >= 4 is 5.91 Å². The quantitative estimate of drug-likeness (QED) is 0.795. The Balaban J connectivity index is 2.25. The molecule has 104 valence electrons. The molecule has 1 aromatic rings. The molecule has 0 saturated heterocycles. The molecule has 6 heteroatoms. The van der Waals surface area contributed by atoms with Gasteiger partial charge in [0.2, 0.25) is 6.79 Å². The number of carbonyl (C=O) groups is 1. The van der Waals surface area contributed by atoms with Gasteiger partial charge in [-0.05, 0) is 19.5 Å². The molecule has 1 unspecified atom stereocenters. The van der Waals surface area contributed by atoms with Gasteiger partial charge in [0, 0.05) is 18.2 Å². The van der Waals surface area contributed by atoms with E-state index in [4.69, 9.17) is 19.9 Å². The Morgan fingerprint density at radius 3 is 2.79 bits per heavy atom. The molecule has 3 N–H and O–H groups in total. The van der Waals surface area contributed by atoms with E-state index in [9.17, 15) is 4.79 Å². The van der Waals surface area contributed by atoms with E-state index < -0.39 is 12.0 Å². The molecule has 0 saturated carbocycles. The first kappa shape index (κ1) is 13.5. The first-order valence-electron chi connectivity index (χ1n) is 6.21. The highest BCUT2D eigenvalue weighted by molar-refractivity contribution is 5.78. The van der Waals surface area contributed by atoms with E-state index in [0.717, 1.165) is 12.1 Å². The van der Waals surface area contributed by atoms with Crippen molar-refractivity contribution in [2.24, 2.45) is 5.73 Å². The molecular formula is C13H18N2O4. The maximum Gasteiger partial charge on any atom is 0.258 e. The Kier molecular flexibility index (Phi) is 4.11. The molecule has 19 heavy (non-hydrogen) atoms. The zero-order valence-corrected chi connectivity index (χ0v) is 11.1. The molecule has 0 spiro atoms. The lowest BCUT2D eigenvalue weighted by Gasteiger charge is -2.16. The fraction of sp³-hybridized carbons (Fsp3) is 0.462. The molecule has 1 aliphatic heterocycles. The highest BCUT2D eigenvalue weighted by Gasteiger charge is 2.20. The van der Waals surface area contributed by atoms with E-state index in [2.05, 4.69) is 5.32 Å². The van der Waals surface area contributed by atoms with Crippen molar-refractivity contribution in [3.05, 3.63) is 17.7 Å². The molecule has 6 nitrogen and oxygen atoms in total. The van der Waals surface area contributed by atoms with Crippen molar-refractivity contribution in [2.75, 3.05) is 13.3 Å². The molecule has 1 aromatic carbocycles. The molecule has 0 aromatic heterocycles. The molecule has 0 fully saturated rings. The highest BCUT2D eigenvalue weighted by Crippen LogP contribution is 2.38. The average molecular weight is 266 g/mol. The monoisotopic (exact) mass is 266 g/mol. The van der Waals surface area contributed by atoms with Crippen LogP contribution in [0, 0.1) is 0 Å². The van der Waals surface area contributed by atoms with Crippen LogP contribution in [0.2, 0.25) is 0 Å². The van der Waals surface area contributed by atoms with Crippen LogP contribution in [-0.4, -0.2) is 25.3 Å². The Morgan fingerprint density at radius 2 is 2.16 bits per heavy atom. The third kappa shape index (κ3) is 3.08. The Labute approximate surface area is 111 Å². The zero-order valence-electron chi connectivity index (χ0n) is 11.1. The summed E-state index contributed by atoms with van der Waals surface area (Å²) < 4.78 is 16.2. The van der Waals surface area contributed by atoms with Gasteiger partial charge in [-0.3, -0.25) is 4.79 Å². The van der Waals surface area contributed by atoms with Crippen LogP contribution in [0.3, 0.4) is 0 Å². The summed E-state index contributed by atoms with van der Waals surface area (Å²) in [5.74, 6) is 1.38. The number of hydrogen-bond donors (Lipinski definition) is 2. The van der Waals surface area contributed by atoms with E-state index in [0.29, 0.717) is 23.8 Å². The maximum absolute atomic E-state index is 11.1. The SMILES string of the molecule is CCNCc1cc2c(cc1OC(C)C(N)=O)OCO2. The Hall–Kier alpha value is -1.95. The minimum absolute atomic E-state index is 0.199. The second kappa shape index (κ2) is 5.79. The molecule has 0 bridgehead atoms. The Morgan fingerprint density at radius 1 is 1.47 bits per heavy atom. The number of hydrogen-bond acceptors (Lipinski definition) is 5. The van der Waals surface area contributed by atoms with E-state index in [1.165, 1.54) is 0 Å². The molecule has 0 aliphatic carbocycles. The average Bonchev–Trinajstić information content (AvgIpc) is 2.82. The predicted octanol–water partition coefficient (Wildman–Crippen LogP) is 0.777. The van der Waals surface area contributed by atoms with Crippen LogP contribution in [0.5, 0.6) is 17.2 Å². The number of benzene rings is 1. The molecule has 2 rings (SSSR count). The molecule has 1 aliphatic rings. The van der Waals surface area contributed by atoms with Gasteiger partial charge in [-0.25, -0.2) is 0 Å². The standard InChI is InChI=1S/C13H18N2O4/c1-3-15-6-9-4-11-12(18-7-17-11)5-10(9)19-8(2)13(14)16/h4-5,8,15H,3,6-7H2,1-2H3,(H2,14,16). The largest absolute Gasteiger partial charge is 0.480 e. The highest BCUT2D eigenvalue weighted by atomic mass is 16.7. The van der Waals surface area contributed by atoms with Crippen LogP contribution in [0.4, 0.5) is 0 Å². The van der Waals surface area contributed by atoms with Crippen LogP contribution in [0.15, 0.2) is 12.1 Å². The molecule has 1 amide bonds. The van der Waals surface area contributed by atoms with Gasteiger partial charge >= 0.3 is 0 Å². The van der Waals surface area contributed by atoms with Gasteiger partial charge in [-0.2, -0.15) is 0 Å². The van der Waals surface area contributed by atoms with E-state index in [1.54, 1.807) is 13.0 Å². The minimum atomic E-state index is -0.694. The Bertz CT molecular complexity index is 476. The van der Waals surface area contributed by atoms with Crippen molar-refractivity contribution in [2.45, 2.75) is 26.5 Å². The van der Waals surface area contributed by atoms with E-state index in [-0.39, 0.29) is 6.79 Å². The number of ether oxygens (including phenoxy) is 3. The minimum Gasteiger partial charge on any atom is -0.480 e. The van der Waals surface area contributed by atoms with E-state index in [1.807, 2.05) is 13.0 Å². The summed E-state index contributed by atoms with van der Waals surface area (Å²) in [7, 11) is 0. The van der Waals surface area contributed by atoms with E-state index >= 15 is 0 Å². The van der Waals surface area contributed by atoms with Crippen LogP contribution in [-0.2, 0) is 11.3 Å². The molecule has 1 atom stereocenters. The number of amides is 1. The molecule has 0 radical (unpaired) electrons. The number of carbonyl (C=O) groups excluding carboxylic acids is 1. The summed E-state index contributed by atoms with van der Waals surface area (Å²) in [6.07, 6.45) is -0.694. The zero-order chi connectivity index (χ0) is 13.8. The topological polar surface area (TPSA) is 82.8 Å². The normalized spacial score (nSPS) is 14.2. The van der Waals surface area contributed by atoms with Crippen molar-refractivity contribution in [3.63, 3.8) is 0 Å². The lowest BCUT2D eigenvalue weighted by Crippen LogP contribution is -2.31. The van der Waals surface area contributed by atoms with Gasteiger partial charge in [0.1, 0.15) is 5.75 Å². The molecular weight excluding hydrogens is 248 g/mol. The van der Waals surface area contributed by atoms with Gasteiger partial charge in [0.05, 0.1) is 0 Å². The van der Waals surface area contributed by atoms with Crippen LogP contribution in [0.1, 0.15) is 19.4 Å². The second-order valence-electron chi connectivity index (χ2n) is 4.26. The predicted molar refractivity (Wildman–Crippen MR) is 69.2 cm³/mol. The van der Waals surface area contributed by atoms with Crippen molar-refractivity contribution in [1.29, 1.82) is 0 Å². The summed E-state index contributed by atoms with van der Waals surface area (Å²) >= 11 is 0. The second-order valence-corrected chi connectivity index (χ2v) is 4.26. The van der Waals surface area contributed by atoms with Gasteiger partial charge in [0.25, 0.3) is 5.91 Å². The van der Waals surface area contributed by atoms with Crippen molar-refractivity contribution in [1.82, 2.24) is 5.32 Å². The first-order chi connectivity index (χ1) is 9.11. The summed E-state index contributed by atoms with van der Waals surface area (Å²) in [5.41, 5.74) is 6.11. The van der Waals surface area contributed by atoms with Gasteiger partial charge in [-0.1, -0.05) is 6.92 Å². The van der Waals surface area contributed by atoms with Crippen molar-refractivity contribution < 1.29 is 19.0 Å². The lowest BCUT2D eigenvalue weighted by molar-refractivity contribution is -0.124. The summed E-state index contributed by atoms with van der Waals surface area (Å²) in [4.78, 5) is 11.1. The van der Waals surface area contributed by atoms with Crippen molar-refractivity contribution in [3.8, 4) is 17.2 Å². The third-order valence-electron chi connectivity index (χ3n) is 2.83. The molecule has 1 heterocycles. The number of rotatable bonds is 6.